The van der Waals surface area contributed by atoms with E-state index in [1.54, 1.807) is 18.3 Å². The van der Waals surface area contributed by atoms with Crippen molar-refractivity contribution in [2.24, 2.45) is 0 Å². The molecule has 110 valence electrons. The van der Waals surface area contributed by atoms with E-state index in [4.69, 9.17) is 5.73 Å². The van der Waals surface area contributed by atoms with Gasteiger partial charge in [0.1, 0.15) is 5.82 Å². The largest absolute Gasteiger partial charge is 0.399 e. The first-order chi connectivity index (χ1) is 10.6. The van der Waals surface area contributed by atoms with Gasteiger partial charge in [-0.05, 0) is 29.8 Å². The van der Waals surface area contributed by atoms with Gasteiger partial charge in [0.25, 0.3) is 5.69 Å². The third-order valence-electron chi connectivity index (χ3n) is 3.38. The van der Waals surface area contributed by atoms with Gasteiger partial charge in [0.15, 0.2) is 0 Å². The van der Waals surface area contributed by atoms with Crippen LogP contribution in [0.4, 0.5) is 11.4 Å². The van der Waals surface area contributed by atoms with Crippen molar-refractivity contribution in [1.82, 2.24) is 9.55 Å². The lowest BCUT2D eigenvalue weighted by Crippen LogP contribution is -2.01. The molecule has 0 aliphatic carbocycles. The van der Waals surface area contributed by atoms with E-state index < -0.39 is 4.92 Å². The van der Waals surface area contributed by atoms with Gasteiger partial charge in [-0.25, -0.2) is 4.98 Å². The number of imidazole rings is 1. The topological polar surface area (TPSA) is 87.0 Å². The van der Waals surface area contributed by atoms with Gasteiger partial charge in [-0.1, -0.05) is 12.1 Å². The molecule has 0 radical (unpaired) electrons. The Bertz CT molecular complexity index is 792. The first-order valence-electron chi connectivity index (χ1n) is 6.74. The standard InChI is InChI=1S/C16H14N4O2/c17-14-5-1-12(2-6-14)11-19-10-9-18-16(19)13-3-7-15(8-4-13)20(21)22/h1-10H,11,17H2. The molecule has 0 aliphatic rings. The maximum atomic E-state index is 10.7. The number of nitrogens with two attached hydrogens (primary N) is 1. The van der Waals surface area contributed by atoms with E-state index in [1.165, 1.54) is 12.1 Å². The van der Waals surface area contributed by atoms with Gasteiger partial charge in [-0.2, -0.15) is 0 Å². The van der Waals surface area contributed by atoms with Crippen LogP contribution in [-0.4, -0.2) is 14.5 Å². The first kappa shape index (κ1) is 13.8. The molecule has 2 aromatic carbocycles. The van der Waals surface area contributed by atoms with Crippen molar-refractivity contribution in [2.75, 3.05) is 5.73 Å². The Kier molecular flexibility index (Phi) is 3.57. The Morgan fingerprint density at radius 2 is 1.77 bits per heavy atom. The summed E-state index contributed by atoms with van der Waals surface area (Å²) >= 11 is 0. The molecule has 2 N–H and O–H groups in total. The number of benzene rings is 2. The van der Waals surface area contributed by atoms with Gasteiger partial charge in [0.2, 0.25) is 0 Å². The average Bonchev–Trinajstić information content (AvgIpc) is 2.98. The minimum atomic E-state index is -0.412. The van der Waals surface area contributed by atoms with Gasteiger partial charge in [-0.15, -0.1) is 0 Å². The summed E-state index contributed by atoms with van der Waals surface area (Å²) in [4.78, 5) is 14.6. The molecule has 3 aromatic rings. The predicted octanol–water partition coefficient (Wildman–Crippen LogP) is 3.09. The third-order valence-corrected chi connectivity index (χ3v) is 3.38. The molecular formula is C16H14N4O2. The summed E-state index contributed by atoms with van der Waals surface area (Å²) in [5, 5.41) is 10.7. The van der Waals surface area contributed by atoms with Crippen LogP contribution in [0.3, 0.4) is 0 Å². The van der Waals surface area contributed by atoms with Crippen LogP contribution in [0.1, 0.15) is 5.56 Å². The number of nitrogens with zero attached hydrogens (tertiary/aromatic N) is 3. The summed E-state index contributed by atoms with van der Waals surface area (Å²) in [5.74, 6) is 0.770. The van der Waals surface area contributed by atoms with E-state index >= 15 is 0 Å². The summed E-state index contributed by atoms with van der Waals surface area (Å²) in [7, 11) is 0. The Labute approximate surface area is 127 Å². The van der Waals surface area contributed by atoms with Crippen LogP contribution in [0.25, 0.3) is 11.4 Å². The second-order valence-corrected chi connectivity index (χ2v) is 4.92. The lowest BCUT2D eigenvalue weighted by atomic mass is 10.1. The van der Waals surface area contributed by atoms with Gasteiger partial charge in [-0.3, -0.25) is 10.1 Å². The Morgan fingerprint density at radius 1 is 1.09 bits per heavy atom. The van der Waals surface area contributed by atoms with Crippen molar-refractivity contribution in [3.8, 4) is 11.4 Å². The zero-order valence-corrected chi connectivity index (χ0v) is 11.7. The maximum absolute atomic E-state index is 10.7. The van der Waals surface area contributed by atoms with E-state index in [2.05, 4.69) is 4.98 Å². The van der Waals surface area contributed by atoms with Crippen LogP contribution < -0.4 is 5.73 Å². The zero-order chi connectivity index (χ0) is 15.5. The highest BCUT2D eigenvalue weighted by Gasteiger charge is 2.09. The van der Waals surface area contributed by atoms with Crippen molar-refractivity contribution in [3.63, 3.8) is 0 Å². The molecule has 0 aliphatic heterocycles. The van der Waals surface area contributed by atoms with Crippen LogP contribution in [0, 0.1) is 10.1 Å². The summed E-state index contributed by atoms with van der Waals surface area (Å²) in [5.41, 5.74) is 8.43. The van der Waals surface area contributed by atoms with Crippen molar-refractivity contribution in [2.45, 2.75) is 6.54 Å². The molecule has 0 bridgehead atoms. The molecule has 1 heterocycles. The fraction of sp³-hybridized carbons (Fsp3) is 0.0625. The van der Waals surface area contributed by atoms with Crippen LogP contribution in [0.15, 0.2) is 60.9 Å². The smallest absolute Gasteiger partial charge is 0.269 e. The quantitative estimate of drug-likeness (QED) is 0.455. The Morgan fingerprint density at radius 3 is 2.41 bits per heavy atom. The molecule has 0 saturated heterocycles. The fourth-order valence-corrected chi connectivity index (χ4v) is 2.25. The van der Waals surface area contributed by atoms with Crippen molar-refractivity contribution in [1.29, 1.82) is 0 Å². The van der Waals surface area contributed by atoms with Gasteiger partial charge in [0, 0.05) is 42.3 Å². The van der Waals surface area contributed by atoms with Crippen molar-refractivity contribution >= 4 is 11.4 Å². The number of aromatic nitrogens is 2. The summed E-state index contributed by atoms with van der Waals surface area (Å²) in [6.07, 6.45) is 3.60. The molecule has 6 nitrogen and oxygen atoms in total. The molecule has 1 aromatic heterocycles. The SMILES string of the molecule is Nc1ccc(Cn2ccnc2-c2ccc([N+](=O)[O-])cc2)cc1. The number of nitrogen functional groups attached to an aromatic ring is 1. The molecular weight excluding hydrogens is 280 g/mol. The molecule has 6 heteroatoms. The second-order valence-electron chi connectivity index (χ2n) is 4.92. The molecule has 3 rings (SSSR count). The fourth-order valence-electron chi connectivity index (χ4n) is 2.25. The number of nitro benzene ring substituents is 1. The number of nitro groups is 1. The molecule has 22 heavy (non-hydrogen) atoms. The molecule has 0 spiro atoms. The molecule has 0 fully saturated rings. The lowest BCUT2D eigenvalue weighted by Gasteiger charge is -2.08. The minimum Gasteiger partial charge on any atom is -0.399 e. The number of anilines is 1. The normalized spacial score (nSPS) is 10.5. The van der Waals surface area contributed by atoms with Gasteiger partial charge < -0.3 is 10.3 Å². The summed E-state index contributed by atoms with van der Waals surface area (Å²) in [6.45, 7) is 0.659. The van der Waals surface area contributed by atoms with Crippen molar-refractivity contribution in [3.05, 3.63) is 76.6 Å². The minimum absolute atomic E-state index is 0.0698. The monoisotopic (exact) mass is 294 g/mol. The van der Waals surface area contributed by atoms with Gasteiger partial charge in [0.05, 0.1) is 4.92 Å². The van der Waals surface area contributed by atoms with Crippen LogP contribution in [0.2, 0.25) is 0 Å². The lowest BCUT2D eigenvalue weighted by molar-refractivity contribution is -0.384. The average molecular weight is 294 g/mol. The van der Waals surface area contributed by atoms with Gasteiger partial charge >= 0.3 is 0 Å². The molecule has 0 amide bonds. The predicted molar refractivity (Wildman–Crippen MR) is 84.3 cm³/mol. The Hall–Kier alpha value is -3.15. The highest BCUT2D eigenvalue weighted by Crippen LogP contribution is 2.22. The third kappa shape index (κ3) is 2.80. The molecule has 0 atom stereocenters. The Balaban J connectivity index is 1.88. The van der Waals surface area contributed by atoms with E-state index in [1.807, 2.05) is 35.0 Å². The summed E-state index contributed by atoms with van der Waals surface area (Å²) in [6, 6.07) is 14.0. The number of hydrogen-bond acceptors (Lipinski definition) is 4. The summed E-state index contributed by atoms with van der Waals surface area (Å²) < 4.78 is 1.99. The second kappa shape index (κ2) is 5.69. The highest BCUT2D eigenvalue weighted by molar-refractivity contribution is 5.58. The molecule has 0 saturated carbocycles. The van der Waals surface area contributed by atoms with E-state index in [9.17, 15) is 10.1 Å². The van der Waals surface area contributed by atoms with E-state index in [0.29, 0.717) is 6.54 Å². The maximum Gasteiger partial charge on any atom is 0.269 e. The van der Waals surface area contributed by atoms with Crippen LogP contribution >= 0.6 is 0 Å². The number of hydrogen-bond donors (Lipinski definition) is 1. The van der Waals surface area contributed by atoms with Crippen LogP contribution in [-0.2, 0) is 6.54 Å². The van der Waals surface area contributed by atoms with Crippen LogP contribution in [0.5, 0.6) is 0 Å². The highest BCUT2D eigenvalue weighted by atomic mass is 16.6. The number of rotatable bonds is 4. The van der Waals surface area contributed by atoms with E-state index in [0.717, 1.165) is 22.6 Å². The number of non-ortho nitro benzene ring substituents is 1. The first-order valence-corrected chi connectivity index (χ1v) is 6.74. The van der Waals surface area contributed by atoms with Crippen molar-refractivity contribution < 1.29 is 4.92 Å². The molecule has 0 unspecified atom stereocenters. The van der Waals surface area contributed by atoms with E-state index in [-0.39, 0.29) is 5.69 Å². The zero-order valence-electron chi connectivity index (χ0n) is 11.7.